The molecule has 160 valence electrons. The Hall–Kier alpha value is -2.90. The van der Waals surface area contributed by atoms with E-state index in [1.807, 2.05) is 51.1 Å². The number of amides is 2. The van der Waals surface area contributed by atoms with Gasteiger partial charge in [-0.1, -0.05) is 56.3 Å². The van der Waals surface area contributed by atoms with E-state index in [-0.39, 0.29) is 41.4 Å². The van der Waals surface area contributed by atoms with E-state index in [0.717, 1.165) is 24.8 Å². The third kappa shape index (κ3) is 4.32. The number of rotatable bonds is 4. The van der Waals surface area contributed by atoms with Gasteiger partial charge in [-0.25, -0.2) is 4.79 Å². The lowest BCUT2D eigenvalue weighted by atomic mass is 9.93. The van der Waals surface area contributed by atoms with Crippen LogP contribution in [0.4, 0.5) is 4.79 Å². The van der Waals surface area contributed by atoms with E-state index >= 15 is 0 Å². The Morgan fingerprint density at radius 3 is 2.57 bits per heavy atom. The average Bonchev–Trinajstić information content (AvgIpc) is 3.15. The second-order valence-electron chi connectivity index (χ2n) is 9.29. The molecule has 2 aromatic rings. The van der Waals surface area contributed by atoms with Crippen LogP contribution >= 0.6 is 0 Å². The molecule has 0 bridgehead atoms. The summed E-state index contributed by atoms with van der Waals surface area (Å²) in [5.41, 5.74) is 0.753. The van der Waals surface area contributed by atoms with Gasteiger partial charge in [0.1, 0.15) is 6.61 Å². The first-order valence-electron chi connectivity index (χ1n) is 10.4. The molecule has 2 heterocycles. The quantitative estimate of drug-likeness (QED) is 0.828. The summed E-state index contributed by atoms with van der Waals surface area (Å²) in [6, 6.07) is 9.73. The first-order chi connectivity index (χ1) is 14.3. The van der Waals surface area contributed by atoms with Gasteiger partial charge >= 0.3 is 17.9 Å². The number of carbonyl (C=O) groups is 2. The number of hydrogen-bond acceptors (Lipinski definition) is 6. The molecule has 8 heteroatoms. The molecule has 2 amide bonds. The molecule has 1 aromatic carbocycles. The van der Waals surface area contributed by atoms with Crippen LogP contribution in [0.2, 0.25) is 0 Å². The molecule has 2 aliphatic rings. The number of benzene rings is 1. The number of hydrogen-bond donors (Lipinski definition) is 1. The Morgan fingerprint density at radius 1 is 1.23 bits per heavy atom. The lowest BCUT2D eigenvalue weighted by Crippen LogP contribution is -2.42. The monoisotopic (exact) mass is 412 g/mol. The van der Waals surface area contributed by atoms with Crippen molar-refractivity contribution in [3.05, 3.63) is 47.6 Å². The third-order valence-corrected chi connectivity index (χ3v) is 6.01. The van der Waals surface area contributed by atoms with Gasteiger partial charge in [-0.15, -0.1) is 0 Å². The van der Waals surface area contributed by atoms with Gasteiger partial charge in [-0.2, -0.15) is 4.98 Å². The minimum atomic E-state index is -0.329. The molecule has 4 rings (SSSR count). The fourth-order valence-corrected chi connectivity index (χ4v) is 3.89. The lowest BCUT2D eigenvalue weighted by molar-refractivity contribution is 0.0767. The maximum absolute atomic E-state index is 12.5. The zero-order valence-electron chi connectivity index (χ0n) is 17.7. The zero-order valence-corrected chi connectivity index (χ0v) is 17.7. The van der Waals surface area contributed by atoms with Gasteiger partial charge in [0.25, 0.3) is 0 Å². The Kier molecular flexibility index (Phi) is 5.26. The largest absolute Gasteiger partial charge is 0.445 e. The summed E-state index contributed by atoms with van der Waals surface area (Å²) in [5, 5.41) is 6.92. The minimum Gasteiger partial charge on any atom is -0.445 e. The third-order valence-electron chi connectivity index (χ3n) is 6.01. The van der Waals surface area contributed by atoms with Gasteiger partial charge in [0, 0.05) is 24.5 Å². The molecule has 1 spiro atoms. The van der Waals surface area contributed by atoms with Crippen LogP contribution in [0.3, 0.4) is 0 Å². The fraction of sp³-hybridized carbons (Fsp3) is 0.545. The van der Waals surface area contributed by atoms with Crippen LogP contribution in [0.15, 0.2) is 34.9 Å². The summed E-state index contributed by atoms with van der Waals surface area (Å²) in [4.78, 5) is 30.8. The number of nitrogens with one attached hydrogen (secondary N) is 1. The fourth-order valence-electron chi connectivity index (χ4n) is 3.89. The molecule has 8 nitrogen and oxygen atoms in total. The highest BCUT2D eigenvalue weighted by atomic mass is 16.6. The van der Waals surface area contributed by atoms with Gasteiger partial charge in [-0.05, 0) is 30.2 Å². The van der Waals surface area contributed by atoms with Crippen molar-refractivity contribution in [1.29, 1.82) is 0 Å². The van der Waals surface area contributed by atoms with E-state index in [9.17, 15) is 9.59 Å². The topological polar surface area (TPSA) is 97.6 Å². The van der Waals surface area contributed by atoms with Crippen molar-refractivity contribution < 1.29 is 18.8 Å². The predicted octanol–water partition coefficient (Wildman–Crippen LogP) is 3.29. The van der Waals surface area contributed by atoms with Gasteiger partial charge in [0.2, 0.25) is 0 Å². The molecule has 1 N–H and O–H groups in total. The normalized spacial score (nSPS) is 20.1. The number of piperidine rings is 1. The number of carbonyl (C=O) groups excluding carboxylic acids is 2. The highest BCUT2D eigenvalue weighted by Gasteiger charge is 2.56. The number of nitrogens with zero attached hydrogens (tertiary/aromatic N) is 3. The number of likely N-dealkylation sites (tertiary alicyclic amines) is 1. The van der Waals surface area contributed by atoms with E-state index in [0.29, 0.717) is 18.9 Å². The summed E-state index contributed by atoms with van der Waals surface area (Å²) in [6.07, 6.45) is 2.31. The maximum atomic E-state index is 12.5. The molecule has 1 unspecified atom stereocenters. The van der Waals surface area contributed by atoms with Crippen molar-refractivity contribution in [2.24, 2.45) is 5.41 Å². The smallest absolute Gasteiger partial charge is 0.410 e. The van der Waals surface area contributed by atoms with Gasteiger partial charge < -0.3 is 19.5 Å². The van der Waals surface area contributed by atoms with Crippen molar-refractivity contribution in [3.8, 4) is 0 Å². The highest BCUT2D eigenvalue weighted by Crippen LogP contribution is 2.54. The summed E-state index contributed by atoms with van der Waals surface area (Å²) >= 11 is 0. The van der Waals surface area contributed by atoms with Crippen LogP contribution in [0.25, 0.3) is 0 Å². The lowest BCUT2D eigenvalue weighted by Gasteiger charge is -2.32. The Morgan fingerprint density at radius 2 is 1.93 bits per heavy atom. The van der Waals surface area contributed by atoms with Crippen LogP contribution in [-0.4, -0.2) is 46.2 Å². The standard InChI is InChI=1S/C22H28N4O4/c1-21(2,3)19-24-18(30-25-19)17(27)23-16-13-22(16)9-11-26(12-10-22)20(28)29-14-15-7-5-4-6-8-15/h4-8,16H,9-14H2,1-3H3,(H,23,27). The highest BCUT2D eigenvalue weighted by molar-refractivity contribution is 5.90. The molecule has 1 aliphatic carbocycles. The first-order valence-corrected chi connectivity index (χ1v) is 10.4. The summed E-state index contributed by atoms with van der Waals surface area (Å²) < 4.78 is 10.6. The van der Waals surface area contributed by atoms with E-state index in [4.69, 9.17) is 9.26 Å². The minimum absolute atomic E-state index is 0.00361. The van der Waals surface area contributed by atoms with E-state index in [1.165, 1.54) is 0 Å². The van der Waals surface area contributed by atoms with Crippen LogP contribution in [0.1, 0.15) is 62.1 Å². The summed E-state index contributed by atoms with van der Waals surface area (Å²) in [6.45, 7) is 7.44. The first kappa shape index (κ1) is 20.4. The molecule has 1 aromatic heterocycles. The second kappa shape index (κ2) is 7.74. The van der Waals surface area contributed by atoms with E-state index < -0.39 is 0 Å². The average molecular weight is 412 g/mol. The van der Waals surface area contributed by atoms with Crippen LogP contribution in [0, 0.1) is 5.41 Å². The Bertz CT molecular complexity index is 911. The zero-order chi connectivity index (χ0) is 21.4. The SMILES string of the molecule is CC(C)(C)c1noc(C(=O)NC2CC23CCN(C(=O)OCc2ccccc2)CC3)n1. The predicted molar refractivity (Wildman–Crippen MR) is 109 cm³/mol. The maximum Gasteiger partial charge on any atom is 0.410 e. The Balaban J connectivity index is 1.24. The summed E-state index contributed by atoms with van der Waals surface area (Å²) in [7, 11) is 0. The molecule has 1 atom stereocenters. The number of ether oxygens (including phenoxy) is 1. The molecule has 0 radical (unpaired) electrons. The number of aromatic nitrogens is 2. The molecule has 1 aliphatic heterocycles. The van der Waals surface area contributed by atoms with Crippen molar-refractivity contribution in [1.82, 2.24) is 20.4 Å². The molecule has 2 fully saturated rings. The van der Waals surface area contributed by atoms with E-state index in [1.54, 1.807) is 4.90 Å². The molecule has 1 saturated carbocycles. The van der Waals surface area contributed by atoms with E-state index in [2.05, 4.69) is 15.5 Å². The second-order valence-corrected chi connectivity index (χ2v) is 9.29. The van der Waals surface area contributed by atoms with Crippen molar-refractivity contribution in [2.75, 3.05) is 13.1 Å². The Labute approximate surface area is 176 Å². The van der Waals surface area contributed by atoms with Crippen LogP contribution < -0.4 is 5.32 Å². The van der Waals surface area contributed by atoms with Crippen molar-refractivity contribution in [3.63, 3.8) is 0 Å². The van der Waals surface area contributed by atoms with Crippen LogP contribution in [0.5, 0.6) is 0 Å². The van der Waals surface area contributed by atoms with Crippen molar-refractivity contribution >= 4 is 12.0 Å². The molecule has 1 saturated heterocycles. The molecular formula is C22H28N4O4. The molecule has 30 heavy (non-hydrogen) atoms. The molecular weight excluding hydrogens is 384 g/mol. The van der Waals surface area contributed by atoms with Gasteiger partial charge in [0.15, 0.2) is 5.82 Å². The summed E-state index contributed by atoms with van der Waals surface area (Å²) in [5.74, 6) is 0.189. The van der Waals surface area contributed by atoms with Gasteiger partial charge in [-0.3, -0.25) is 4.79 Å². The van der Waals surface area contributed by atoms with Crippen LogP contribution in [-0.2, 0) is 16.8 Å². The van der Waals surface area contributed by atoms with Crippen molar-refractivity contribution in [2.45, 2.75) is 58.1 Å². The van der Waals surface area contributed by atoms with Gasteiger partial charge in [0.05, 0.1) is 0 Å².